The number of ether oxygens (including phenoxy) is 1. The smallest absolute Gasteiger partial charge is 0.255 e. The molecule has 3 aromatic rings. The lowest BCUT2D eigenvalue weighted by Gasteiger charge is -2.12. The highest BCUT2D eigenvalue weighted by molar-refractivity contribution is 8.00. The number of aryl methyl sites for hydroxylation is 1. The standard InChI is InChI=1S/C26H31N5O3S/c1-17(35-26-29-23(30-31-26)16-11-18-7-3-4-8-18)24(32)27-20-14-12-19(13-15-20)25(33)28-21-9-5-6-10-22(21)34-2/h5-6,9-10,12-15,17-18H,3-4,7-8,11,16H2,1-2H3,(H,27,32)(H,28,33)(H,29,30,31). The minimum absolute atomic E-state index is 0.154. The molecule has 3 N–H and O–H groups in total. The van der Waals surface area contributed by atoms with E-state index in [1.807, 2.05) is 19.1 Å². The van der Waals surface area contributed by atoms with Crippen molar-refractivity contribution in [2.24, 2.45) is 5.92 Å². The van der Waals surface area contributed by atoms with Gasteiger partial charge in [-0.05, 0) is 55.7 Å². The maximum Gasteiger partial charge on any atom is 0.255 e. The average molecular weight is 494 g/mol. The maximum atomic E-state index is 12.7. The Balaban J connectivity index is 1.26. The summed E-state index contributed by atoms with van der Waals surface area (Å²) in [5.41, 5.74) is 1.68. The molecular formula is C26H31N5O3S. The van der Waals surface area contributed by atoms with Crippen LogP contribution in [-0.4, -0.2) is 39.4 Å². The number of carbonyl (C=O) groups excluding carboxylic acids is 2. The van der Waals surface area contributed by atoms with Crippen LogP contribution in [0.3, 0.4) is 0 Å². The molecule has 0 radical (unpaired) electrons. The van der Waals surface area contributed by atoms with E-state index in [0.29, 0.717) is 27.8 Å². The van der Waals surface area contributed by atoms with E-state index in [2.05, 4.69) is 25.8 Å². The van der Waals surface area contributed by atoms with Crippen molar-refractivity contribution in [1.82, 2.24) is 15.2 Å². The fraction of sp³-hybridized carbons (Fsp3) is 0.385. The SMILES string of the molecule is COc1ccccc1NC(=O)c1ccc(NC(=O)C(C)Sc2n[nH]c(CCC3CCCC3)n2)cc1. The first-order chi connectivity index (χ1) is 17.0. The van der Waals surface area contributed by atoms with Gasteiger partial charge in [0.1, 0.15) is 11.6 Å². The molecule has 8 nitrogen and oxygen atoms in total. The molecule has 0 spiro atoms. The van der Waals surface area contributed by atoms with E-state index in [1.54, 1.807) is 43.5 Å². The Hall–Kier alpha value is -3.33. The van der Waals surface area contributed by atoms with Gasteiger partial charge in [-0.15, -0.1) is 5.10 Å². The summed E-state index contributed by atoms with van der Waals surface area (Å²) < 4.78 is 5.27. The van der Waals surface area contributed by atoms with Crippen molar-refractivity contribution in [3.63, 3.8) is 0 Å². The van der Waals surface area contributed by atoms with Gasteiger partial charge in [0, 0.05) is 17.7 Å². The number of thioether (sulfide) groups is 1. The van der Waals surface area contributed by atoms with E-state index < -0.39 is 0 Å². The van der Waals surface area contributed by atoms with Crippen LogP contribution in [0.15, 0.2) is 53.7 Å². The number of aromatic nitrogens is 3. The number of nitrogens with one attached hydrogen (secondary N) is 3. The van der Waals surface area contributed by atoms with Crippen molar-refractivity contribution in [2.45, 2.75) is 55.9 Å². The second-order valence-corrected chi connectivity index (χ2v) is 10.0. The summed E-state index contributed by atoms with van der Waals surface area (Å²) in [5.74, 6) is 1.86. The predicted octanol–water partition coefficient (Wildman–Crippen LogP) is 5.31. The second kappa shape index (κ2) is 11.9. The van der Waals surface area contributed by atoms with Gasteiger partial charge in [0.2, 0.25) is 11.1 Å². The largest absolute Gasteiger partial charge is 0.495 e. The number of para-hydroxylation sites is 2. The molecule has 0 saturated heterocycles. The van der Waals surface area contributed by atoms with Crippen LogP contribution in [0.1, 0.15) is 55.2 Å². The van der Waals surface area contributed by atoms with Crippen LogP contribution in [0.25, 0.3) is 0 Å². The molecule has 1 fully saturated rings. The fourth-order valence-corrected chi connectivity index (χ4v) is 4.93. The quantitative estimate of drug-likeness (QED) is 0.330. The first-order valence-corrected chi connectivity index (χ1v) is 12.8. The van der Waals surface area contributed by atoms with Gasteiger partial charge in [-0.1, -0.05) is 49.6 Å². The van der Waals surface area contributed by atoms with Crippen LogP contribution in [-0.2, 0) is 11.2 Å². The average Bonchev–Trinajstić information content (AvgIpc) is 3.55. The van der Waals surface area contributed by atoms with Gasteiger partial charge in [0.05, 0.1) is 18.0 Å². The normalized spacial score (nSPS) is 14.5. The zero-order valence-corrected chi connectivity index (χ0v) is 20.9. The number of amides is 2. The lowest BCUT2D eigenvalue weighted by atomic mass is 10.0. The van der Waals surface area contributed by atoms with E-state index in [9.17, 15) is 9.59 Å². The van der Waals surface area contributed by atoms with Crippen LogP contribution in [0.4, 0.5) is 11.4 Å². The predicted molar refractivity (Wildman–Crippen MR) is 138 cm³/mol. The van der Waals surface area contributed by atoms with Crippen molar-refractivity contribution >= 4 is 35.0 Å². The Morgan fingerprint density at radius 2 is 1.86 bits per heavy atom. The molecule has 2 aromatic carbocycles. The first kappa shape index (κ1) is 24.8. The molecule has 9 heteroatoms. The lowest BCUT2D eigenvalue weighted by Crippen LogP contribution is -2.22. The Labute approximate surface area is 209 Å². The topological polar surface area (TPSA) is 109 Å². The highest BCUT2D eigenvalue weighted by Gasteiger charge is 2.19. The summed E-state index contributed by atoms with van der Waals surface area (Å²) >= 11 is 1.32. The van der Waals surface area contributed by atoms with Crippen LogP contribution in [0.2, 0.25) is 0 Å². The number of hydrogen-bond acceptors (Lipinski definition) is 6. The molecule has 2 amide bonds. The number of benzene rings is 2. The van der Waals surface area contributed by atoms with Gasteiger partial charge in [-0.3, -0.25) is 14.7 Å². The zero-order chi connectivity index (χ0) is 24.6. The highest BCUT2D eigenvalue weighted by Crippen LogP contribution is 2.29. The maximum absolute atomic E-state index is 12.7. The summed E-state index contributed by atoms with van der Waals surface area (Å²) in [6.45, 7) is 1.82. The van der Waals surface area contributed by atoms with E-state index in [4.69, 9.17) is 4.74 Å². The minimum atomic E-state index is -0.373. The van der Waals surface area contributed by atoms with Gasteiger partial charge in [-0.25, -0.2) is 4.98 Å². The number of rotatable bonds is 10. The van der Waals surface area contributed by atoms with Crippen molar-refractivity contribution in [2.75, 3.05) is 17.7 Å². The molecule has 0 bridgehead atoms. The number of H-pyrrole nitrogens is 1. The molecule has 35 heavy (non-hydrogen) atoms. The van der Waals surface area contributed by atoms with E-state index >= 15 is 0 Å². The monoisotopic (exact) mass is 493 g/mol. The number of anilines is 2. The summed E-state index contributed by atoms with van der Waals surface area (Å²) in [6.07, 6.45) is 7.36. The van der Waals surface area contributed by atoms with Crippen LogP contribution in [0, 0.1) is 5.92 Å². The van der Waals surface area contributed by atoms with Crippen molar-refractivity contribution in [3.8, 4) is 5.75 Å². The minimum Gasteiger partial charge on any atom is -0.495 e. The van der Waals surface area contributed by atoms with Gasteiger partial charge in [-0.2, -0.15) is 0 Å². The first-order valence-electron chi connectivity index (χ1n) is 11.9. The number of carbonyl (C=O) groups is 2. The van der Waals surface area contributed by atoms with E-state index in [0.717, 1.165) is 24.6 Å². The van der Waals surface area contributed by atoms with Crippen molar-refractivity contribution < 1.29 is 14.3 Å². The molecule has 1 aliphatic carbocycles. The third-order valence-electron chi connectivity index (χ3n) is 6.20. The van der Waals surface area contributed by atoms with Crippen LogP contribution >= 0.6 is 11.8 Å². The molecule has 1 atom stereocenters. The molecule has 1 saturated carbocycles. The van der Waals surface area contributed by atoms with Crippen molar-refractivity contribution in [1.29, 1.82) is 0 Å². The Kier molecular flexibility index (Phi) is 8.41. The highest BCUT2D eigenvalue weighted by atomic mass is 32.2. The molecule has 0 aliphatic heterocycles. The van der Waals surface area contributed by atoms with E-state index in [1.165, 1.54) is 37.4 Å². The molecular weight excluding hydrogens is 462 g/mol. The second-order valence-electron chi connectivity index (χ2n) is 8.73. The number of aromatic amines is 1. The zero-order valence-electron chi connectivity index (χ0n) is 20.0. The number of methoxy groups -OCH3 is 1. The molecule has 4 rings (SSSR count). The molecule has 184 valence electrons. The lowest BCUT2D eigenvalue weighted by molar-refractivity contribution is -0.115. The summed E-state index contributed by atoms with van der Waals surface area (Å²) in [5, 5.41) is 13.2. The summed E-state index contributed by atoms with van der Waals surface area (Å²) in [6, 6.07) is 14.0. The third kappa shape index (κ3) is 6.85. The molecule has 1 aliphatic rings. The van der Waals surface area contributed by atoms with Gasteiger partial charge in [0.15, 0.2) is 0 Å². The fourth-order valence-electron chi connectivity index (χ4n) is 4.19. The van der Waals surface area contributed by atoms with Gasteiger partial charge in [0.25, 0.3) is 5.91 Å². The Morgan fingerprint density at radius 3 is 2.60 bits per heavy atom. The van der Waals surface area contributed by atoms with Gasteiger partial charge >= 0.3 is 0 Å². The Bertz CT molecular complexity index is 1140. The van der Waals surface area contributed by atoms with Crippen LogP contribution < -0.4 is 15.4 Å². The van der Waals surface area contributed by atoms with Gasteiger partial charge < -0.3 is 15.4 Å². The summed E-state index contributed by atoms with van der Waals surface area (Å²) in [7, 11) is 1.56. The summed E-state index contributed by atoms with van der Waals surface area (Å²) in [4.78, 5) is 29.8. The molecule has 1 heterocycles. The Morgan fingerprint density at radius 1 is 1.11 bits per heavy atom. The number of hydrogen-bond donors (Lipinski definition) is 3. The van der Waals surface area contributed by atoms with E-state index in [-0.39, 0.29) is 17.1 Å². The van der Waals surface area contributed by atoms with Crippen molar-refractivity contribution in [3.05, 3.63) is 59.9 Å². The third-order valence-corrected chi connectivity index (χ3v) is 7.16. The molecule has 1 unspecified atom stereocenters. The number of nitrogens with zero attached hydrogens (tertiary/aromatic N) is 2. The molecule has 1 aromatic heterocycles. The van der Waals surface area contributed by atoms with Crippen LogP contribution in [0.5, 0.6) is 5.75 Å².